The Balaban J connectivity index is 2.54. The second kappa shape index (κ2) is 5.22. The summed E-state index contributed by atoms with van der Waals surface area (Å²) in [4.78, 5) is 11.5. The summed E-state index contributed by atoms with van der Waals surface area (Å²) in [5, 5.41) is 2.20. The summed E-state index contributed by atoms with van der Waals surface area (Å²) in [5.74, 6) is -0.320. The lowest BCUT2D eigenvalue weighted by atomic mass is 10.2. The summed E-state index contributed by atoms with van der Waals surface area (Å²) in [6.45, 7) is 1.41. The lowest BCUT2D eigenvalue weighted by molar-refractivity contribution is -0.138. The van der Waals surface area contributed by atoms with Crippen molar-refractivity contribution in [2.45, 2.75) is 32.1 Å². The van der Waals surface area contributed by atoms with Gasteiger partial charge in [-0.3, -0.25) is 4.79 Å². The van der Waals surface area contributed by atoms with E-state index in [2.05, 4.69) is 5.32 Å². The molecule has 17 heavy (non-hydrogen) atoms. The minimum Gasteiger partial charge on any atom is -0.455 e. The Morgan fingerprint density at radius 3 is 2.65 bits per heavy atom. The summed E-state index contributed by atoms with van der Waals surface area (Å²) in [5.41, 5.74) is 5.27. The van der Waals surface area contributed by atoms with E-state index < -0.39 is 24.5 Å². The molecule has 1 unspecified atom stereocenters. The molecule has 0 aliphatic carbocycles. The first-order valence-electron chi connectivity index (χ1n) is 4.98. The minimum absolute atomic E-state index is 0.0422. The van der Waals surface area contributed by atoms with E-state index in [1.165, 1.54) is 19.1 Å². The van der Waals surface area contributed by atoms with Gasteiger partial charge in [-0.25, -0.2) is 0 Å². The van der Waals surface area contributed by atoms with Crippen LogP contribution in [0.5, 0.6) is 0 Å². The maximum Gasteiger partial charge on any atom is 0.391 e. The molecule has 1 heterocycles. The third kappa shape index (κ3) is 4.48. The van der Waals surface area contributed by atoms with Crippen molar-refractivity contribution in [1.82, 2.24) is 5.32 Å². The van der Waals surface area contributed by atoms with Crippen molar-refractivity contribution >= 4 is 5.91 Å². The van der Waals surface area contributed by atoms with Gasteiger partial charge in [0.05, 0.1) is 13.0 Å². The summed E-state index contributed by atoms with van der Waals surface area (Å²) < 4.78 is 41.1. The van der Waals surface area contributed by atoms with Crippen LogP contribution in [0.1, 0.15) is 29.7 Å². The van der Waals surface area contributed by atoms with E-state index in [0.717, 1.165) is 0 Å². The fourth-order valence-electron chi connectivity index (χ4n) is 1.30. The summed E-state index contributed by atoms with van der Waals surface area (Å²) in [6.07, 6.45) is -5.39. The van der Waals surface area contributed by atoms with Crippen molar-refractivity contribution < 1.29 is 22.4 Å². The standard InChI is InChI=1S/C10H13F3N2O2/c1-6(4-10(11,12)13)15-9(16)8-3-2-7(5-14)17-8/h2-3,6H,4-5,14H2,1H3,(H,15,16). The number of amides is 1. The third-order valence-electron chi connectivity index (χ3n) is 2.00. The van der Waals surface area contributed by atoms with E-state index in [1.807, 2.05) is 0 Å². The summed E-state index contributed by atoms with van der Waals surface area (Å²) in [6, 6.07) is 1.87. The summed E-state index contributed by atoms with van der Waals surface area (Å²) >= 11 is 0. The molecule has 1 rings (SSSR count). The van der Waals surface area contributed by atoms with Gasteiger partial charge in [-0.05, 0) is 19.1 Å². The fraction of sp³-hybridized carbons (Fsp3) is 0.500. The van der Waals surface area contributed by atoms with Crippen LogP contribution < -0.4 is 11.1 Å². The van der Waals surface area contributed by atoms with Crippen LogP contribution in [0.4, 0.5) is 13.2 Å². The number of halogens is 3. The van der Waals surface area contributed by atoms with Crippen molar-refractivity contribution in [3.05, 3.63) is 23.7 Å². The molecular formula is C10H13F3N2O2. The number of hydrogen-bond donors (Lipinski definition) is 2. The van der Waals surface area contributed by atoms with Gasteiger partial charge in [0, 0.05) is 6.04 Å². The van der Waals surface area contributed by atoms with Gasteiger partial charge in [-0.1, -0.05) is 0 Å². The molecule has 3 N–H and O–H groups in total. The molecule has 7 heteroatoms. The number of alkyl halides is 3. The van der Waals surface area contributed by atoms with Gasteiger partial charge >= 0.3 is 6.18 Å². The Morgan fingerprint density at radius 2 is 2.18 bits per heavy atom. The lowest BCUT2D eigenvalue weighted by Crippen LogP contribution is -2.35. The minimum atomic E-state index is -4.31. The molecule has 96 valence electrons. The molecular weight excluding hydrogens is 237 g/mol. The molecule has 4 nitrogen and oxygen atoms in total. The molecule has 0 aromatic carbocycles. The zero-order valence-electron chi connectivity index (χ0n) is 9.17. The number of carbonyl (C=O) groups excluding carboxylic acids is 1. The number of nitrogens with two attached hydrogens (primary N) is 1. The number of furan rings is 1. The molecule has 0 saturated heterocycles. The van der Waals surface area contributed by atoms with Gasteiger partial charge in [0.15, 0.2) is 5.76 Å². The van der Waals surface area contributed by atoms with Crippen molar-refractivity contribution in [2.75, 3.05) is 0 Å². The van der Waals surface area contributed by atoms with Crippen molar-refractivity contribution in [2.24, 2.45) is 5.73 Å². The van der Waals surface area contributed by atoms with Crippen LogP contribution >= 0.6 is 0 Å². The van der Waals surface area contributed by atoms with Crippen LogP contribution in [0.3, 0.4) is 0 Å². The Kier molecular flexibility index (Phi) is 4.17. The highest BCUT2D eigenvalue weighted by molar-refractivity contribution is 5.91. The van der Waals surface area contributed by atoms with Crippen molar-refractivity contribution in [3.8, 4) is 0 Å². The lowest BCUT2D eigenvalue weighted by Gasteiger charge is -2.14. The molecule has 0 aliphatic heterocycles. The molecule has 0 aliphatic rings. The predicted octanol–water partition coefficient (Wildman–Crippen LogP) is 1.81. The third-order valence-corrected chi connectivity index (χ3v) is 2.00. The predicted molar refractivity (Wildman–Crippen MR) is 54.2 cm³/mol. The molecule has 0 saturated carbocycles. The first-order valence-corrected chi connectivity index (χ1v) is 4.98. The monoisotopic (exact) mass is 250 g/mol. The zero-order chi connectivity index (χ0) is 13.1. The Labute approximate surface area is 96.0 Å². The highest BCUT2D eigenvalue weighted by atomic mass is 19.4. The van der Waals surface area contributed by atoms with Crippen molar-refractivity contribution in [3.63, 3.8) is 0 Å². The number of rotatable bonds is 4. The van der Waals surface area contributed by atoms with E-state index in [-0.39, 0.29) is 12.3 Å². The van der Waals surface area contributed by atoms with Gasteiger partial charge < -0.3 is 15.5 Å². The Hall–Kier alpha value is -1.50. The number of hydrogen-bond acceptors (Lipinski definition) is 3. The zero-order valence-corrected chi connectivity index (χ0v) is 9.17. The van der Waals surface area contributed by atoms with Crippen LogP contribution in [-0.2, 0) is 6.54 Å². The quantitative estimate of drug-likeness (QED) is 0.856. The van der Waals surface area contributed by atoms with E-state index in [9.17, 15) is 18.0 Å². The first-order chi connectivity index (χ1) is 7.81. The number of carbonyl (C=O) groups is 1. The molecule has 0 spiro atoms. The van der Waals surface area contributed by atoms with E-state index in [0.29, 0.717) is 5.76 Å². The fourth-order valence-corrected chi connectivity index (χ4v) is 1.30. The molecule has 1 atom stereocenters. The largest absolute Gasteiger partial charge is 0.455 e. The average molecular weight is 250 g/mol. The smallest absolute Gasteiger partial charge is 0.391 e. The van der Waals surface area contributed by atoms with Crippen molar-refractivity contribution in [1.29, 1.82) is 0 Å². The van der Waals surface area contributed by atoms with Crippen LogP contribution in [0, 0.1) is 0 Å². The highest BCUT2D eigenvalue weighted by Gasteiger charge is 2.30. The second-order valence-electron chi connectivity index (χ2n) is 3.66. The van der Waals surface area contributed by atoms with E-state index >= 15 is 0 Å². The summed E-state index contributed by atoms with van der Waals surface area (Å²) in [7, 11) is 0. The first kappa shape index (κ1) is 13.6. The normalized spacial score (nSPS) is 13.5. The second-order valence-corrected chi connectivity index (χ2v) is 3.66. The molecule has 1 aromatic rings. The van der Waals surface area contributed by atoms with Gasteiger partial charge in [0.25, 0.3) is 5.91 Å². The van der Waals surface area contributed by atoms with Crippen LogP contribution in [0.15, 0.2) is 16.5 Å². The van der Waals surface area contributed by atoms with E-state index in [4.69, 9.17) is 10.2 Å². The van der Waals surface area contributed by atoms with Crippen LogP contribution in [0.2, 0.25) is 0 Å². The molecule has 1 amide bonds. The molecule has 0 radical (unpaired) electrons. The highest BCUT2D eigenvalue weighted by Crippen LogP contribution is 2.21. The SMILES string of the molecule is CC(CC(F)(F)F)NC(=O)c1ccc(CN)o1. The van der Waals surface area contributed by atoms with Gasteiger partial charge in [-0.2, -0.15) is 13.2 Å². The maximum atomic E-state index is 12.0. The maximum absolute atomic E-state index is 12.0. The Bertz CT molecular complexity index is 387. The van der Waals surface area contributed by atoms with Crippen LogP contribution in [-0.4, -0.2) is 18.1 Å². The van der Waals surface area contributed by atoms with E-state index in [1.54, 1.807) is 0 Å². The topological polar surface area (TPSA) is 68.3 Å². The van der Waals surface area contributed by atoms with Gasteiger partial charge in [0.2, 0.25) is 0 Å². The molecule has 0 fully saturated rings. The molecule has 1 aromatic heterocycles. The molecule has 0 bridgehead atoms. The Morgan fingerprint density at radius 1 is 1.53 bits per heavy atom. The average Bonchev–Trinajstić information content (AvgIpc) is 2.62. The van der Waals surface area contributed by atoms with Crippen LogP contribution in [0.25, 0.3) is 0 Å². The van der Waals surface area contributed by atoms with Gasteiger partial charge in [-0.15, -0.1) is 0 Å². The number of nitrogens with one attached hydrogen (secondary N) is 1. The van der Waals surface area contributed by atoms with Gasteiger partial charge in [0.1, 0.15) is 5.76 Å².